The van der Waals surface area contributed by atoms with E-state index in [9.17, 15) is 9.59 Å². The normalized spacial score (nSPS) is 10.2. The second kappa shape index (κ2) is 8.60. The van der Waals surface area contributed by atoms with Crippen molar-refractivity contribution in [1.82, 2.24) is 5.32 Å². The fourth-order valence-electron chi connectivity index (χ4n) is 1.82. The summed E-state index contributed by atoms with van der Waals surface area (Å²) in [7, 11) is 1.36. The quantitative estimate of drug-likeness (QED) is 0.790. The summed E-state index contributed by atoms with van der Waals surface area (Å²) in [4.78, 5) is 24.3. The van der Waals surface area contributed by atoms with Gasteiger partial charge in [-0.05, 0) is 29.1 Å². The minimum absolute atomic E-state index is 0.0162. The Morgan fingerprint density at radius 1 is 1.27 bits per heavy atom. The largest absolute Gasteiger partial charge is 0.465 e. The first kappa shape index (κ1) is 16.6. The van der Waals surface area contributed by atoms with Gasteiger partial charge < -0.3 is 10.1 Å². The number of hydrogen-bond donors (Lipinski definition) is 1. The molecule has 2 aromatic rings. The second-order valence-electron chi connectivity index (χ2n) is 4.54. The van der Waals surface area contributed by atoms with Crippen molar-refractivity contribution in [3.63, 3.8) is 0 Å². The number of carbonyl (C=O) groups is 2. The van der Waals surface area contributed by atoms with Gasteiger partial charge in [-0.15, -0.1) is 23.1 Å². The fraction of sp³-hybridized carbons (Fsp3) is 0.250. The Labute approximate surface area is 137 Å². The van der Waals surface area contributed by atoms with Crippen molar-refractivity contribution in [3.8, 4) is 0 Å². The van der Waals surface area contributed by atoms with E-state index >= 15 is 0 Å². The van der Waals surface area contributed by atoms with Crippen LogP contribution in [-0.4, -0.2) is 24.7 Å². The minimum Gasteiger partial charge on any atom is -0.465 e. The predicted molar refractivity (Wildman–Crippen MR) is 90.1 cm³/mol. The van der Waals surface area contributed by atoms with Gasteiger partial charge in [0.25, 0.3) is 0 Å². The van der Waals surface area contributed by atoms with Crippen LogP contribution in [0.25, 0.3) is 0 Å². The Bertz CT molecular complexity index is 626. The van der Waals surface area contributed by atoms with Crippen LogP contribution in [-0.2, 0) is 21.8 Å². The molecule has 1 heterocycles. The van der Waals surface area contributed by atoms with Gasteiger partial charge in [0.1, 0.15) is 0 Å². The molecule has 116 valence electrons. The number of rotatable bonds is 7. The lowest BCUT2D eigenvalue weighted by molar-refractivity contribution is -0.118. The van der Waals surface area contributed by atoms with E-state index in [4.69, 9.17) is 4.74 Å². The molecule has 0 saturated carbocycles. The van der Waals surface area contributed by atoms with Crippen LogP contribution in [0.4, 0.5) is 0 Å². The zero-order chi connectivity index (χ0) is 15.8. The molecule has 2 rings (SSSR count). The Morgan fingerprint density at radius 3 is 2.86 bits per heavy atom. The Kier molecular flexibility index (Phi) is 6.48. The van der Waals surface area contributed by atoms with Crippen molar-refractivity contribution in [3.05, 3.63) is 57.8 Å². The van der Waals surface area contributed by atoms with E-state index in [0.717, 1.165) is 10.4 Å². The topological polar surface area (TPSA) is 55.4 Å². The van der Waals surface area contributed by atoms with Crippen LogP contribution in [0, 0.1) is 0 Å². The number of carbonyl (C=O) groups excluding carboxylic acids is 2. The molecule has 0 saturated heterocycles. The molecule has 0 aliphatic heterocycles. The summed E-state index contributed by atoms with van der Waals surface area (Å²) in [6.07, 6.45) is 0. The molecule has 0 fully saturated rings. The van der Waals surface area contributed by atoms with Crippen molar-refractivity contribution in [2.75, 3.05) is 12.9 Å². The Balaban J connectivity index is 1.73. The van der Waals surface area contributed by atoms with E-state index < -0.39 is 0 Å². The zero-order valence-corrected chi connectivity index (χ0v) is 13.8. The van der Waals surface area contributed by atoms with Crippen molar-refractivity contribution in [1.29, 1.82) is 0 Å². The summed E-state index contributed by atoms with van der Waals surface area (Å²) in [6, 6.07) is 11.2. The van der Waals surface area contributed by atoms with Gasteiger partial charge in [-0.25, -0.2) is 4.79 Å². The van der Waals surface area contributed by atoms with Crippen LogP contribution in [0.1, 0.15) is 20.8 Å². The van der Waals surface area contributed by atoms with Gasteiger partial charge in [-0.2, -0.15) is 0 Å². The molecule has 0 unspecified atom stereocenters. The van der Waals surface area contributed by atoms with E-state index in [1.165, 1.54) is 18.9 Å². The summed E-state index contributed by atoms with van der Waals surface area (Å²) in [5.74, 6) is 0.744. The zero-order valence-electron chi connectivity index (χ0n) is 12.2. The van der Waals surface area contributed by atoms with E-state index in [0.29, 0.717) is 23.6 Å². The number of amides is 1. The van der Waals surface area contributed by atoms with E-state index in [1.807, 2.05) is 29.6 Å². The van der Waals surface area contributed by atoms with Gasteiger partial charge in [-0.3, -0.25) is 4.79 Å². The third-order valence-corrected chi connectivity index (χ3v) is 4.77. The minimum atomic E-state index is -0.347. The molecule has 6 heteroatoms. The third kappa shape index (κ3) is 5.20. The number of benzene rings is 1. The summed E-state index contributed by atoms with van der Waals surface area (Å²) < 4.78 is 4.69. The SMILES string of the molecule is COC(=O)c1cccc(CSCC(=O)NCc2cccs2)c1. The average molecular weight is 335 g/mol. The Hall–Kier alpha value is -1.79. The number of methoxy groups -OCH3 is 1. The van der Waals surface area contributed by atoms with E-state index in [-0.39, 0.29) is 11.9 Å². The maximum Gasteiger partial charge on any atom is 0.337 e. The molecule has 1 N–H and O–H groups in total. The van der Waals surface area contributed by atoms with Crippen LogP contribution in [0.3, 0.4) is 0 Å². The van der Waals surface area contributed by atoms with Gasteiger partial charge in [-0.1, -0.05) is 18.2 Å². The fourth-order valence-corrected chi connectivity index (χ4v) is 3.27. The molecule has 1 amide bonds. The lowest BCUT2D eigenvalue weighted by Crippen LogP contribution is -2.24. The van der Waals surface area contributed by atoms with Crippen LogP contribution >= 0.6 is 23.1 Å². The number of thiophene rings is 1. The molecule has 4 nitrogen and oxygen atoms in total. The molecule has 22 heavy (non-hydrogen) atoms. The standard InChI is InChI=1S/C16H17NO3S2/c1-20-16(19)13-5-2-4-12(8-13)10-21-11-15(18)17-9-14-6-3-7-22-14/h2-8H,9-11H2,1H3,(H,17,18). The molecule has 1 aromatic heterocycles. The van der Waals surface area contributed by atoms with Crippen molar-refractivity contribution < 1.29 is 14.3 Å². The molecular weight excluding hydrogens is 318 g/mol. The number of hydrogen-bond acceptors (Lipinski definition) is 5. The Morgan fingerprint density at radius 2 is 2.14 bits per heavy atom. The first-order valence-electron chi connectivity index (χ1n) is 6.73. The van der Waals surface area contributed by atoms with E-state index in [1.54, 1.807) is 23.5 Å². The van der Waals surface area contributed by atoms with Crippen LogP contribution in [0.2, 0.25) is 0 Å². The average Bonchev–Trinajstić information content (AvgIpc) is 3.06. The van der Waals surface area contributed by atoms with Gasteiger partial charge in [0.2, 0.25) is 5.91 Å². The first-order valence-corrected chi connectivity index (χ1v) is 8.76. The number of esters is 1. The summed E-state index contributed by atoms with van der Waals surface area (Å²) in [6.45, 7) is 0.578. The molecule has 0 radical (unpaired) electrons. The smallest absolute Gasteiger partial charge is 0.337 e. The van der Waals surface area contributed by atoms with Gasteiger partial charge in [0, 0.05) is 10.6 Å². The lowest BCUT2D eigenvalue weighted by Gasteiger charge is -2.05. The highest BCUT2D eigenvalue weighted by Gasteiger charge is 2.07. The van der Waals surface area contributed by atoms with E-state index in [2.05, 4.69) is 5.32 Å². The van der Waals surface area contributed by atoms with Crippen LogP contribution in [0.15, 0.2) is 41.8 Å². The predicted octanol–water partition coefficient (Wildman–Crippen LogP) is 3.08. The van der Waals surface area contributed by atoms with Gasteiger partial charge in [0.15, 0.2) is 0 Å². The van der Waals surface area contributed by atoms with Crippen molar-refractivity contribution >= 4 is 35.0 Å². The van der Waals surface area contributed by atoms with Crippen molar-refractivity contribution in [2.45, 2.75) is 12.3 Å². The summed E-state index contributed by atoms with van der Waals surface area (Å²) >= 11 is 3.15. The highest BCUT2D eigenvalue weighted by molar-refractivity contribution is 7.99. The highest BCUT2D eigenvalue weighted by atomic mass is 32.2. The lowest BCUT2D eigenvalue weighted by atomic mass is 10.1. The summed E-state index contributed by atoms with van der Waals surface area (Å²) in [5.41, 5.74) is 1.53. The van der Waals surface area contributed by atoms with Crippen LogP contribution in [0.5, 0.6) is 0 Å². The summed E-state index contributed by atoms with van der Waals surface area (Å²) in [5, 5.41) is 4.88. The third-order valence-electron chi connectivity index (χ3n) is 2.89. The molecule has 0 bridgehead atoms. The first-order chi connectivity index (χ1) is 10.7. The molecule has 0 spiro atoms. The van der Waals surface area contributed by atoms with Crippen LogP contribution < -0.4 is 5.32 Å². The number of ether oxygens (including phenoxy) is 1. The molecule has 0 aliphatic rings. The molecule has 0 aliphatic carbocycles. The molecular formula is C16H17NO3S2. The molecule has 0 atom stereocenters. The van der Waals surface area contributed by atoms with Gasteiger partial charge in [0.05, 0.1) is 25.0 Å². The van der Waals surface area contributed by atoms with Gasteiger partial charge >= 0.3 is 5.97 Å². The maximum atomic E-state index is 11.7. The molecule has 1 aromatic carbocycles. The highest BCUT2D eigenvalue weighted by Crippen LogP contribution is 2.14. The monoisotopic (exact) mass is 335 g/mol. The number of nitrogens with one attached hydrogen (secondary N) is 1. The second-order valence-corrected chi connectivity index (χ2v) is 6.56. The van der Waals surface area contributed by atoms with Crippen molar-refractivity contribution in [2.24, 2.45) is 0 Å². The number of thioether (sulfide) groups is 1. The maximum absolute atomic E-state index is 11.7.